The highest BCUT2D eigenvalue weighted by molar-refractivity contribution is 7.26. The van der Waals surface area contributed by atoms with Crippen LogP contribution in [0.1, 0.15) is 0 Å². The number of oxazole rings is 1. The van der Waals surface area contributed by atoms with Gasteiger partial charge in [-0.05, 0) is 48.0 Å². The predicted molar refractivity (Wildman–Crippen MR) is 201 cm³/mol. The van der Waals surface area contributed by atoms with E-state index >= 15 is 0 Å². The Hall–Kier alpha value is -6.17. The Morgan fingerprint density at radius 2 is 1.19 bits per heavy atom. The summed E-state index contributed by atoms with van der Waals surface area (Å²) >= 11 is 1.82. The van der Waals surface area contributed by atoms with Gasteiger partial charge in [-0.2, -0.15) is 4.98 Å². The highest BCUT2D eigenvalue weighted by Crippen LogP contribution is 2.46. The van der Waals surface area contributed by atoms with Crippen LogP contribution in [0.4, 0.5) is 0 Å². The van der Waals surface area contributed by atoms with Crippen molar-refractivity contribution in [3.8, 4) is 22.8 Å². The molecule has 4 aromatic heterocycles. The number of benzene rings is 7. The zero-order chi connectivity index (χ0) is 31.3. The summed E-state index contributed by atoms with van der Waals surface area (Å²) in [4.78, 5) is 5.39. The minimum atomic E-state index is 0.571. The second-order valence-electron chi connectivity index (χ2n) is 12.3. The maximum atomic E-state index is 6.92. The lowest BCUT2D eigenvalue weighted by molar-refractivity contribution is 0.575. The van der Waals surface area contributed by atoms with Gasteiger partial charge in [0.1, 0.15) is 5.52 Å². The normalized spacial score (nSPS) is 12.2. The van der Waals surface area contributed by atoms with E-state index in [1.165, 1.54) is 47.4 Å². The van der Waals surface area contributed by atoms with Gasteiger partial charge in [0.05, 0.1) is 22.1 Å². The highest BCUT2D eigenvalue weighted by atomic mass is 32.1. The Morgan fingerprint density at radius 1 is 0.521 bits per heavy atom. The smallest absolute Gasteiger partial charge is 0.307 e. The first kappa shape index (κ1) is 26.0. The number of para-hydroxylation sites is 3. The Labute approximate surface area is 278 Å². The molecule has 4 nitrogen and oxygen atoms in total. The Kier molecular flexibility index (Phi) is 5.23. The van der Waals surface area contributed by atoms with Gasteiger partial charge in [-0.3, -0.25) is 4.57 Å². The van der Waals surface area contributed by atoms with E-state index in [4.69, 9.17) is 9.40 Å². The zero-order valence-electron chi connectivity index (χ0n) is 25.6. The van der Waals surface area contributed by atoms with Gasteiger partial charge in [-0.25, -0.2) is 0 Å². The van der Waals surface area contributed by atoms with Crippen molar-refractivity contribution in [3.05, 3.63) is 152 Å². The number of fused-ring (bicyclic) bond motifs is 12. The summed E-state index contributed by atoms with van der Waals surface area (Å²) in [5.41, 5.74) is 9.61. The molecule has 0 aliphatic heterocycles. The molecule has 5 heteroatoms. The number of hydrogen-bond acceptors (Lipinski definition) is 3. The fraction of sp³-hybridized carbons (Fsp3) is 0. The fourth-order valence-electron chi connectivity index (χ4n) is 7.75. The summed E-state index contributed by atoms with van der Waals surface area (Å²) in [5.74, 6) is 0. The molecule has 0 saturated heterocycles. The van der Waals surface area contributed by atoms with E-state index in [0.29, 0.717) is 6.01 Å². The molecular formula is C43H25N3OS. The van der Waals surface area contributed by atoms with E-state index in [9.17, 15) is 0 Å². The van der Waals surface area contributed by atoms with Crippen LogP contribution in [-0.4, -0.2) is 14.1 Å². The van der Waals surface area contributed by atoms with Crippen LogP contribution in [0.2, 0.25) is 0 Å². The van der Waals surface area contributed by atoms with Crippen molar-refractivity contribution < 1.29 is 4.42 Å². The minimum Gasteiger partial charge on any atom is -0.423 e. The van der Waals surface area contributed by atoms with Crippen molar-refractivity contribution in [2.45, 2.75) is 0 Å². The standard InChI is InChI=1S/C43H25N3OS/c1-3-13-26(14-4-1)32-25-36-40(39-31-19-9-12-22-37(31)48-42(32)39)44-43(47-36)46-33-20-10-7-17-28(33)29-23-24-35-38(41(29)46)30-18-8-11-21-34(30)45(35)27-15-5-2-6-16-27/h1-25H. The van der Waals surface area contributed by atoms with Gasteiger partial charge in [0.25, 0.3) is 0 Å². The summed E-state index contributed by atoms with van der Waals surface area (Å²) in [7, 11) is 0. The zero-order valence-corrected chi connectivity index (χ0v) is 26.4. The van der Waals surface area contributed by atoms with Gasteiger partial charge < -0.3 is 8.98 Å². The molecule has 0 aliphatic rings. The van der Waals surface area contributed by atoms with Crippen LogP contribution in [0.15, 0.2) is 156 Å². The lowest BCUT2D eigenvalue weighted by atomic mass is 10.0. The molecule has 0 N–H and O–H groups in total. The van der Waals surface area contributed by atoms with Gasteiger partial charge in [-0.15, -0.1) is 11.3 Å². The van der Waals surface area contributed by atoms with Gasteiger partial charge >= 0.3 is 6.01 Å². The first-order chi connectivity index (χ1) is 23.8. The third-order valence-electron chi connectivity index (χ3n) is 9.75. The summed E-state index contributed by atoms with van der Waals surface area (Å²) in [5, 5.41) is 7.07. The van der Waals surface area contributed by atoms with Crippen LogP contribution >= 0.6 is 11.3 Å². The van der Waals surface area contributed by atoms with E-state index < -0.39 is 0 Å². The summed E-state index contributed by atoms with van der Waals surface area (Å²) in [6.45, 7) is 0. The van der Waals surface area contributed by atoms with Crippen LogP contribution in [-0.2, 0) is 0 Å². The maximum Gasteiger partial charge on any atom is 0.307 e. The van der Waals surface area contributed by atoms with Crippen LogP contribution in [0.5, 0.6) is 0 Å². The van der Waals surface area contributed by atoms with Gasteiger partial charge in [-0.1, -0.05) is 109 Å². The summed E-state index contributed by atoms with van der Waals surface area (Å²) in [6.07, 6.45) is 0. The highest BCUT2D eigenvalue weighted by Gasteiger charge is 2.24. The molecule has 7 aromatic carbocycles. The molecule has 48 heavy (non-hydrogen) atoms. The average Bonchev–Trinajstić information content (AvgIpc) is 3.90. The molecule has 0 aliphatic carbocycles. The molecule has 11 aromatic rings. The average molecular weight is 632 g/mol. The van der Waals surface area contributed by atoms with Crippen molar-refractivity contribution >= 4 is 86.2 Å². The quantitative estimate of drug-likeness (QED) is 0.194. The first-order valence-corrected chi connectivity index (χ1v) is 17.0. The molecule has 0 saturated carbocycles. The molecule has 4 heterocycles. The van der Waals surface area contributed by atoms with E-state index in [0.717, 1.165) is 44.3 Å². The second kappa shape index (κ2) is 9.67. The first-order valence-electron chi connectivity index (χ1n) is 16.1. The van der Waals surface area contributed by atoms with Crippen LogP contribution in [0, 0.1) is 0 Å². The number of rotatable bonds is 3. The fourth-order valence-corrected chi connectivity index (χ4v) is 9.00. The molecule has 0 spiro atoms. The topological polar surface area (TPSA) is 35.9 Å². The molecule has 0 bridgehead atoms. The van der Waals surface area contributed by atoms with Crippen molar-refractivity contribution in [1.82, 2.24) is 14.1 Å². The maximum absolute atomic E-state index is 6.92. The summed E-state index contributed by atoms with van der Waals surface area (Å²) in [6, 6.07) is 54.4. The van der Waals surface area contributed by atoms with Gasteiger partial charge in [0.2, 0.25) is 0 Å². The number of hydrogen-bond donors (Lipinski definition) is 0. The van der Waals surface area contributed by atoms with Crippen molar-refractivity contribution in [1.29, 1.82) is 0 Å². The van der Waals surface area contributed by atoms with E-state index in [1.54, 1.807) is 0 Å². The largest absolute Gasteiger partial charge is 0.423 e. The molecule has 0 unspecified atom stereocenters. The molecule has 224 valence electrons. The van der Waals surface area contributed by atoms with Gasteiger partial charge in [0, 0.05) is 53.0 Å². The van der Waals surface area contributed by atoms with Gasteiger partial charge in [0.15, 0.2) is 5.58 Å². The molecule has 0 atom stereocenters. The number of aromatic nitrogens is 3. The molecule has 0 radical (unpaired) electrons. The third kappa shape index (κ3) is 3.46. The van der Waals surface area contributed by atoms with Crippen molar-refractivity contribution in [3.63, 3.8) is 0 Å². The van der Waals surface area contributed by atoms with Crippen LogP contribution < -0.4 is 0 Å². The van der Waals surface area contributed by atoms with E-state index in [-0.39, 0.29) is 0 Å². The molecule has 11 rings (SSSR count). The Morgan fingerprint density at radius 3 is 2.00 bits per heavy atom. The Bertz CT molecular complexity index is 3050. The van der Waals surface area contributed by atoms with Crippen LogP contribution in [0.25, 0.3) is 97.7 Å². The lowest BCUT2D eigenvalue weighted by Crippen LogP contribution is -1.95. The number of nitrogens with zero attached hydrogens (tertiary/aromatic N) is 3. The number of thiophene rings is 1. The Balaban J connectivity index is 1.31. The summed E-state index contributed by atoms with van der Waals surface area (Å²) < 4.78 is 14.0. The van der Waals surface area contributed by atoms with Crippen LogP contribution in [0.3, 0.4) is 0 Å². The minimum absolute atomic E-state index is 0.571. The second-order valence-corrected chi connectivity index (χ2v) is 13.4. The van der Waals surface area contributed by atoms with E-state index in [2.05, 4.69) is 161 Å². The van der Waals surface area contributed by atoms with Crippen molar-refractivity contribution in [2.75, 3.05) is 0 Å². The monoisotopic (exact) mass is 631 g/mol. The lowest BCUT2D eigenvalue weighted by Gasteiger charge is -2.08. The SMILES string of the molecule is c1ccc(-c2cc3oc(-n4c5ccccc5c5ccc6c(c7ccccc7n6-c6ccccc6)c54)nc3c3c2sc2ccccc23)cc1. The molecule has 0 amide bonds. The third-order valence-corrected chi connectivity index (χ3v) is 11.0. The van der Waals surface area contributed by atoms with Crippen molar-refractivity contribution in [2.24, 2.45) is 0 Å². The molecule has 0 fully saturated rings. The van der Waals surface area contributed by atoms with E-state index in [1.807, 2.05) is 11.3 Å². The predicted octanol–water partition coefficient (Wildman–Crippen LogP) is 12.1. The molecular weight excluding hydrogens is 607 g/mol.